The van der Waals surface area contributed by atoms with E-state index in [-0.39, 0.29) is 11.9 Å². The predicted octanol–water partition coefficient (Wildman–Crippen LogP) is 3.47. The first-order chi connectivity index (χ1) is 13.2. The van der Waals surface area contributed by atoms with Crippen molar-refractivity contribution in [2.45, 2.75) is 77.2 Å². The molecule has 0 bridgehead atoms. The molecule has 0 aromatic carbocycles. The lowest BCUT2D eigenvalue weighted by atomic mass is 9.99. The van der Waals surface area contributed by atoms with Crippen LogP contribution in [-0.4, -0.2) is 53.8 Å². The minimum Gasteiger partial charge on any atom is -0.342 e. The summed E-state index contributed by atoms with van der Waals surface area (Å²) in [5.41, 5.74) is 1.79. The standard InChI is InChI=1S/C21H35N3O3S/c1-6-18-11-7-8-13-24(18)21(25)19-16(3)20(17(4)22(19)5)28(26,27)23-12-9-10-15(2)14-23/h15,18H,6-14H2,1-5H3. The molecule has 2 atom stereocenters. The Balaban J connectivity index is 2.01. The van der Waals surface area contributed by atoms with E-state index in [1.54, 1.807) is 15.8 Å². The third kappa shape index (κ3) is 3.63. The number of aromatic nitrogens is 1. The second kappa shape index (κ2) is 8.19. The van der Waals surface area contributed by atoms with Crippen molar-refractivity contribution >= 4 is 15.9 Å². The van der Waals surface area contributed by atoms with E-state index in [2.05, 4.69) is 13.8 Å². The Bertz CT molecular complexity index is 844. The number of carbonyl (C=O) groups excluding carboxylic acids is 1. The van der Waals surface area contributed by atoms with Crippen LogP contribution in [0.2, 0.25) is 0 Å². The quantitative estimate of drug-likeness (QED) is 0.765. The highest BCUT2D eigenvalue weighted by atomic mass is 32.2. The largest absolute Gasteiger partial charge is 0.342 e. The Morgan fingerprint density at radius 2 is 1.82 bits per heavy atom. The van der Waals surface area contributed by atoms with E-state index in [1.165, 1.54) is 0 Å². The molecule has 2 fully saturated rings. The van der Waals surface area contributed by atoms with Crippen molar-refractivity contribution in [3.8, 4) is 0 Å². The first-order valence-electron chi connectivity index (χ1n) is 10.7. The average molecular weight is 410 g/mol. The molecule has 0 N–H and O–H groups in total. The van der Waals surface area contributed by atoms with Gasteiger partial charge in [-0.15, -0.1) is 0 Å². The molecular weight excluding hydrogens is 374 g/mol. The molecular formula is C21H35N3O3S. The molecule has 1 aromatic heterocycles. The predicted molar refractivity (Wildman–Crippen MR) is 111 cm³/mol. The van der Waals surface area contributed by atoms with Gasteiger partial charge >= 0.3 is 0 Å². The van der Waals surface area contributed by atoms with Gasteiger partial charge in [0.2, 0.25) is 10.0 Å². The van der Waals surface area contributed by atoms with Gasteiger partial charge in [-0.05, 0) is 58.3 Å². The zero-order valence-corrected chi connectivity index (χ0v) is 18.8. The molecule has 3 heterocycles. The Morgan fingerprint density at radius 3 is 2.46 bits per heavy atom. The normalized spacial score (nSPS) is 24.5. The summed E-state index contributed by atoms with van der Waals surface area (Å²) in [4.78, 5) is 15.7. The fraction of sp³-hybridized carbons (Fsp3) is 0.762. The average Bonchev–Trinajstić information content (AvgIpc) is 2.90. The molecule has 0 spiro atoms. The van der Waals surface area contributed by atoms with Crippen LogP contribution >= 0.6 is 0 Å². The number of hydrogen-bond acceptors (Lipinski definition) is 3. The van der Waals surface area contributed by atoms with E-state index in [9.17, 15) is 13.2 Å². The van der Waals surface area contributed by atoms with Crippen molar-refractivity contribution in [1.29, 1.82) is 0 Å². The molecule has 0 aliphatic carbocycles. The molecule has 7 heteroatoms. The second-order valence-electron chi connectivity index (χ2n) is 8.61. The van der Waals surface area contributed by atoms with Crippen LogP contribution in [0.4, 0.5) is 0 Å². The van der Waals surface area contributed by atoms with E-state index in [0.29, 0.717) is 40.9 Å². The summed E-state index contributed by atoms with van der Waals surface area (Å²) in [6.45, 7) is 9.71. The van der Waals surface area contributed by atoms with Crippen molar-refractivity contribution in [3.05, 3.63) is 17.0 Å². The fourth-order valence-electron chi connectivity index (χ4n) is 4.96. The van der Waals surface area contributed by atoms with Gasteiger partial charge in [0, 0.05) is 44.0 Å². The number of sulfonamides is 1. The SMILES string of the molecule is CCC1CCCCN1C(=O)c1c(C)c(S(=O)(=O)N2CCCC(C)C2)c(C)n1C. The number of nitrogens with zero attached hydrogens (tertiary/aromatic N) is 3. The minimum atomic E-state index is -3.60. The maximum Gasteiger partial charge on any atom is 0.271 e. The van der Waals surface area contributed by atoms with Gasteiger partial charge in [-0.1, -0.05) is 13.8 Å². The topological polar surface area (TPSA) is 62.6 Å². The van der Waals surface area contributed by atoms with Gasteiger partial charge in [-0.25, -0.2) is 8.42 Å². The maximum atomic E-state index is 13.4. The highest BCUT2D eigenvalue weighted by Gasteiger charge is 2.37. The maximum absolute atomic E-state index is 13.4. The highest BCUT2D eigenvalue weighted by Crippen LogP contribution is 2.32. The van der Waals surface area contributed by atoms with E-state index in [4.69, 9.17) is 0 Å². The Morgan fingerprint density at radius 1 is 1.11 bits per heavy atom. The van der Waals surface area contributed by atoms with Crippen molar-refractivity contribution in [2.24, 2.45) is 13.0 Å². The third-order valence-corrected chi connectivity index (χ3v) is 8.77. The molecule has 158 valence electrons. The third-order valence-electron chi connectivity index (χ3n) is 6.64. The summed E-state index contributed by atoms with van der Waals surface area (Å²) >= 11 is 0. The summed E-state index contributed by atoms with van der Waals surface area (Å²) in [6, 6.07) is 0.249. The van der Waals surface area contributed by atoms with Crippen molar-refractivity contribution in [1.82, 2.24) is 13.8 Å². The lowest BCUT2D eigenvalue weighted by Crippen LogP contribution is -2.44. The first-order valence-corrected chi connectivity index (χ1v) is 12.1. The van der Waals surface area contributed by atoms with Crippen LogP contribution < -0.4 is 0 Å². The summed E-state index contributed by atoms with van der Waals surface area (Å²) < 4.78 is 30.3. The van der Waals surface area contributed by atoms with Crippen molar-refractivity contribution < 1.29 is 13.2 Å². The first kappa shape index (κ1) is 21.4. The van der Waals surface area contributed by atoms with Gasteiger partial charge in [0.1, 0.15) is 10.6 Å². The van der Waals surface area contributed by atoms with Gasteiger partial charge < -0.3 is 9.47 Å². The summed E-state index contributed by atoms with van der Waals surface area (Å²) in [7, 11) is -1.78. The monoisotopic (exact) mass is 409 g/mol. The smallest absolute Gasteiger partial charge is 0.271 e. The Labute approximate surface area is 169 Å². The number of piperidine rings is 2. The van der Waals surface area contributed by atoms with Crippen LogP contribution in [0.15, 0.2) is 4.90 Å². The van der Waals surface area contributed by atoms with Crippen LogP contribution in [-0.2, 0) is 17.1 Å². The van der Waals surface area contributed by atoms with Crippen LogP contribution in [0.25, 0.3) is 0 Å². The van der Waals surface area contributed by atoms with Crippen molar-refractivity contribution in [3.63, 3.8) is 0 Å². The Hall–Kier alpha value is -1.34. The fourth-order valence-corrected chi connectivity index (χ4v) is 7.03. The zero-order chi connectivity index (χ0) is 20.6. The van der Waals surface area contributed by atoms with Gasteiger partial charge in [0.25, 0.3) is 5.91 Å². The molecule has 2 unspecified atom stereocenters. The summed E-state index contributed by atoms with van der Waals surface area (Å²) in [5, 5.41) is 0. The molecule has 2 saturated heterocycles. The number of hydrogen-bond donors (Lipinski definition) is 0. The van der Waals surface area contributed by atoms with E-state index < -0.39 is 10.0 Å². The second-order valence-corrected chi connectivity index (χ2v) is 10.5. The van der Waals surface area contributed by atoms with Crippen molar-refractivity contribution in [2.75, 3.05) is 19.6 Å². The molecule has 0 radical (unpaired) electrons. The molecule has 2 aliphatic rings. The number of carbonyl (C=O) groups is 1. The number of rotatable bonds is 4. The summed E-state index contributed by atoms with van der Waals surface area (Å²) in [5.74, 6) is 0.343. The molecule has 28 heavy (non-hydrogen) atoms. The number of amides is 1. The van der Waals surface area contributed by atoms with Gasteiger partial charge in [0.05, 0.1) is 0 Å². The van der Waals surface area contributed by atoms with Gasteiger partial charge in [-0.3, -0.25) is 4.79 Å². The lowest BCUT2D eigenvalue weighted by Gasteiger charge is -2.35. The number of likely N-dealkylation sites (tertiary alicyclic amines) is 1. The van der Waals surface area contributed by atoms with Crippen LogP contribution in [0.5, 0.6) is 0 Å². The van der Waals surface area contributed by atoms with Crippen LogP contribution in [0, 0.1) is 19.8 Å². The van der Waals surface area contributed by atoms with E-state index in [1.807, 2.05) is 18.9 Å². The lowest BCUT2D eigenvalue weighted by molar-refractivity contribution is 0.0597. The Kier molecular flexibility index (Phi) is 6.25. The van der Waals surface area contributed by atoms with E-state index >= 15 is 0 Å². The van der Waals surface area contributed by atoms with Gasteiger partial charge in [0.15, 0.2) is 0 Å². The van der Waals surface area contributed by atoms with Crippen LogP contribution in [0.1, 0.15) is 74.1 Å². The molecule has 1 amide bonds. The minimum absolute atomic E-state index is 0.0249. The molecule has 6 nitrogen and oxygen atoms in total. The van der Waals surface area contributed by atoms with Gasteiger partial charge in [-0.2, -0.15) is 4.31 Å². The van der Waals surface area contributed by atoms with E-state index in [0.717, 1.165) is 45.1 Å². The van der Waals surface area contributed by atoms with Crippen LogP contribution in [0.3, 0.4) is 0 Å². The molecule has 1 aromatic rings. The molecule has 3 rings (SSSR count). The molecule has 2 aliphatic heterocycles. The highest BCUT2D eigenvalue weighted by molar-refractivity contribution is 7.89. The summed E-state index contributed by atoms with van der Waals surface area (Å²) in [6.07, 6.45) is 6.09. The zero-order valence-electron chi connectivity index (χ0n) is 18.0. The molecule has 0 saturated carbocycles.